The average molecular weight is 284 g/mol. The van der Waals surface area contributed by atoms with Crippen molar-refractivity contribution in [3.8, 4) is 5.75 Å². The monoisotopic (exact) mass is 283 g/mol. The van der Waals surface area contributed by atoms with Crippen molar-refractivity contribution in [2.24, 2.45) is 0 Å². The second-order valence-electron chi connectivity index (χ2n) is 4.47. The summed E-state index contributed by atoms with van der Waals surface area (Å²) in [5.41, 5.74) is 0. The molecule has 0 spiro atoms. The predicted octanol–water partition coefficient (Wildman–Crippen LogP) is 3.80. The van der Waals surface area contributed by atoms with Gasteiger partial charge < -0.3 is 10.1 Å². The molecule has 1 aromatic carbocycles. The van der Waals surface area contributed by atoms with Crippen LogP contribution in [-0.4, -0.2) is 18.6 Å². The lowest BCUT2D eigenvalue weighted by atomic mass is 10.2. The first kappa shape index (κ1) is 15.8. The van der Waals surface area contributed by atoms with Crippen molar-refractivity contribution in [2.45, 2.75) is 45.6 Å². The number of hydrogen-bond acceptors (Lipinski definition) is 2. The van der Waals surface area contributed by atoms with E-state index in [1.54, 1.807) is 18.2 Å². The van der Waals surface area contributed by atoms with Crippen LogP contribution in [0.15, 0.2) is 24.3 Å². The van der Waals surface area contributed by atoms with Crippen LogP contribution in [0, 0.1) is 0 Å². The van der Waals surface area contributed by atoms with Gasteiger partial charge in [-0.05, 0) is 31.0 Å². The van der Waals surface area contributed by atoms with Crippen molar-refractivity contribution in [3.63, 3.8) is 0 Å². The molecular formula is C15H22ClNO2. The average Bonchev–Trinajstić information content (AvgIpc) is 2.41. The SMILES string of the molecule is CCCCCNC(=O)[C@H](CC)Oc1cccc(Cl)c1. The zero-order valence-electron chi connectivity index (χ0n) is 11.6. The van der Waals surface area contributed by atoms with E-state index in [9.17, 15) is 4.79 Å². The van der Waals surface area contributed by atoms with Crippen molar-refractivity contribution in [1.82, 2.24) is 5.32 Å². The van der Waals surface area contributed by atoms with Gasteiger partial charge in [-0.25, -0.2) is 0 Å². The van der Waals surface area contributed by atoms with Gasteiger partial charge in [0, 0.05) is 11.6 Å². The van der Waals surface area contributed by atoms with Gasteiger partial charge >= 0.3 is 0 Å². The Morgan fingerprint density at radius 1 is 1.37 bits per heavy atom. The summed E-state index contributed by atoms with van der Waals surface area (Å²) in [6.45, 7) is 4.78. The molecule has 0 aliphatic rings. The van der Waals surface area contributed by atoms with Gasteiger partial charge in [-0.1, -0.05) is 44.4 Å². The standard InChI is InChI=1S/C15H22ClNO2/c1-3-5-6-10-17-15(18)14(4-2)19-13-9-7-8-12(16)11-13/h7-9,11,14H,3-6,10H2,1-2H3,(H,17,18)/t14-/m0/s1. The molecule has 19 heavy (non-hydrogen) atoms. The first-order valence-corrected chi connectivity index (χ1v) is 7.25. The second-order valence-corrected chi connectivity index (χ2v) is 4.91. The number of unbranched alkanes of at least 4 members (excludes halogenated alkanes) is 2. The van der Waals surface area contributed by atoms with Crippen molar-refractivity contribution in [2.75, 3.05) is 6.54 Å². The third kappa shape index (κ3) is 5.97. The molecular weight excluding hydrogens is 262 g/mol. The first-order chi connectivity index (χ1) is 9.17. The molecule has 106 valence electrons. The maximum atomic E-state index is 12.0. The number of carbonyl (C=O) groups is 1. The molecule has 0 saturated carbocycles. The van der Waals surface area contributed by atoms with Gasteiger partial charge in [0.15, 0.2) is 6.10 Å². The molecule has 1 aromatic rings. The van der Waals surface area contributed by atoms with E-state index in [1.165, 1.54) is 0 Å². The molecule has 3 nitrogen and oxygen atoms in total. The van der Waals surface area contributed by atoms with E-state index >= 15 is 0 Å². The summed E-state index contributed by atoms with van der Waals surface area (Å²) in [6.07, 6.45) is 3.46. The van der Waals surface area contributed by atoms with Crippen LogP contribution < -0.4 is 10.1 Å². The minimum atomic E-state index is -0.458. The smallest absolute Gasteiger partial charge is 0.261 e. The summed E-state index contributed by atoms with van der Waals surface area (Å²) >= 11 is 5.89. The number of ether oxygens (including phenoxy) is 1. The Bertz CT molecular complexity index is 395. The molecule has 0 radical (unpaired) electrons. The summed E-state index contributed by atoms with van der Waals surface area (Å²) in [5, 5.41) is 3.51. The molecule has 1 atom stereocenters. The molecule has 0 fully saturated rings. The Kier molecular flexibility index (Phi) is 7.34. The lowest BCUT2D eigenvalue weighted by Gasteiger charge is -2.17. The molecule has 0 bridgehead atoms. The van der Waals surface area contributed by atoms with Gasteiger partial charge in [0.05, 0.1) is 0 Å². The normalized spacial score (nSPS) is 11.9. The molecule has 1 amide bonds. The van der Waals surface area contributed by atoms with Crippen LogP contribution >= 0.6 is 11.6 Å². The maximum absolute atomic E-state index is 12.0. The summed E-state index contributed by atoms with van der Waals surface area (Å²) in [5.74, 6) is 0.571. The molecule has 0 saturated heterocycles. The summed E-state index contributed by atoms with van der Waals surface area (Å²) in [4.78, 5) is 12.0. The number of halogens is 1. The Morgan fingerprint density at radius 3 is 2.79 bits per heavy atom. The highest BCUT2D eigenvalue weighted by molar-refractivity contribution is 6.30. The van der Waals surface area contributed by atoms with Gasteiger partial charge in [-0.2, -0.15) is 0 Å². The molecule has 4 heteroatoms. The highest BCUT2D eigenvalue weighted by atomic mass is 35.5. The number of hydrogen-bond donors (Lipinski definition) is 1. The lowest BCUT2D eigenvalue weighted by molar-refractivity contribution is -0.128. The van der Waals surface area contributed by atoms with Gasteiger partial charge in [-0.15, -0.1) is 0 Å². The minimum absolute atomic E-state index is 0.0569. The van der Waals surface area contributed by atoms with E-state index < -0.39 is 6.10 Å². The molecule has 0 unspecified atom stereocenters. The largest absolute Gasteiger partial charge is 0.481 e. The van der Waals surface area contributed by atoms with Crippen LogP contribution in [0.4, 0.5) is 0 Å². The third-order valence-electron chi connectivity index (χ3n) is 2.82. The molecule has 0 heterocycles. The zero-order valence-corrected chi connectivity index (χ0v) is 12.4. The first-order valence-electron chi connectivity index (χ1n) is 6.87. The van der Waals surface area contributed by atoms with E-state index in [1.807, 2.05) is 13.0 Å². The van der Waals surface area contributed by atoms with Crippen molar-refractivity contribution in [3.05, 3.63) is 29.3 Å². The molecule has 0 aromatic heterocycles. The van der Waals surface area contributed by atoms with Crippen LogP contribution in [0.2, 0.25) is 5.02 Å². The van der Waals surface area contributed by atoms with E-state index in [4.69, 9.17) is 16.3 Å². The summed E-state index contributed by atoms with van der Waals surface area (Å²) in [6, 6.07) is 7.11. The Labute approximate surface area is 120 Å². The number of benzene rings is 1. The van der Waals surface area contributed by atoms with Gasteiger partial charge in [0.2, 0.25) is 0 Å². The fourth-order valence-electron chi connectivity index (χ4n) is 1.73. The number of nitrogens with one attached hydrogen (secondary N) is 1. The zero-order chi connectivity index (χ0) is 14.1. The highest BCUT2D eigenvalue weighted by Gasteiger charge is 2.17. The Morgan fingerprint density at radius 2 is 2.16 bits per heavy atom. The fourth-order valence-corrected chi connectivity index (χ4v) is 1.91. The van der Waals surface area contributed by atoms with Gasteiger partial charge in [-0.3, -0.25) is 4.79 Å². The summed E-state index contributed by atoms with van der Waals surface area (Å²) in [7, 11) is 0. The number of amides is 1. The second kappa shape index (κ2) is 8.81. The van der Waals surface area contributed by atoms with Crippen molar-refractivity contribution < 1.29 is 9.53 Å². The third-order valence-corrected chi connectivity index (χ3v) is 3.05. The Hall–Kier alpha value is -1.22. The van der Waals surface area contributed by atoms with Crippen molar-refractivity contribution >= 4 is 17.5 Å². The van der Waals surface area contributed by atoms with E-state index in [-0.39, 0.29) is 5.91 Å². The topological polar surface area (TPSA) is 38.3 Å². The van der Waals surface area contributed by atoms with Crippen LogP contribution in [-0.2, 0) is 4.79 Å². The summed E-state index contributed by atoms with van der Waals surface area (Å²) < 4.78 is 5.67. The predicted molar refractivity (Wildman–Crippen MR) is 78.7 cm³/mol. The lowest BCUT2D eigenvalue weighted by Crippen LogP contribution is -2.38. The number of carbonyl (C=O) groups excluding carboxylic acids is 1. The van der Waals surface area contributed by atoms with E-state index in [0.717, 1.165) is 19.3 Å². The van der Waals surface area contributed by atoms with Gasteiger partial charge in [0.25, 0.3) is 5.91 Å². The Balaban J connectivity index is 2.46. The van der Waals surface area contributed by atoms with Crippen molar-refractivity contribution in [1.29, 1.82) is 0 Å². The highest BCUT2D eigenvalue weighted by Crippen LogP contribution is 2.19. The molecule has 0 aliphatic carbocycles. The van der Waals surface area contributed by atoms with E-state index in [2.05, 4.69) is 12.2 Å². The fraction of sp³-hybridized carbons (Fsp3) is 0.533. The quantitative estimate of drug-likeness (QED) is 0.737. The maximum Gasteiger partial charge on any atom is 0.261 e. The minimum Gasteiger partial charge on any atom is -0.481 e. The molecule has 1 rings (SSSR count). The molecule has 0 aliphatic heterocycles. The van der Waals surface area contributed by atoms with Crippen LogP contribution in [0.1, 0.15) is 39.5 Å². The van der Waals surface area contributed by atoms with Crippen LogP contribution in [0.25, 0.3) is 0 Å². The van der Waals surface area contributed by atoms with E-state index in [0.29, 0.717) is 23.7 Å². The van der Waals surface area contributed by atoms with Gasteiger partial charge in [0.1, 0.15) is 5.75 Å². The van der Waals surface area contributed by atoms with Crippen LogP contribution in [0.5, 0.6) is 5.75 Å². The number of rotatable bonds is 8. The molecule has 1 N–H and O–H groups in total. The van der Waals surface area contributed by atoms with Crippen LogP contribution in [0.3, 0.4) is 0 Å².